The van der Waals surface area contributed by atoms with Gasteiger partial charge in [-0.1, -0.05) is 0 Å². The highest BCUT2D eigenvalue weighted by molar-refractivity contribution is 5.93. The summed E-state index contributed by atoms with van der Waals surface area (Å²) in [6, 6.07) is 3.53. The van der Waals surface area contributed by atoms with Crippen molar-refractivity contribution in [3.63, 3.8) is 0 Å². The Kier molecular flexibility index (Phi) is 7.41. The lowest BCUT2D eigenvalue weighted by Gasteiger charge is -2.35. The fourth-order valence-electron chi connectivity index (χ4n) is 3.06. The fourth-order valence-corrected chi connectivity index (χ4v) is 3.06. The Morgan fingerprint density at radius 1 is 1.21 bits per heavy atom. The van der Waals surface area contributed by atoms with Gasteiger partial charge in [-0.3, -0.25) is 19.5 Å². The molecule has 0 bridgehead atoms. The minimum atomic E-state index is -0.584. The second-order valence-corrected chi connectivity index (χ2v) is 7.91. The summed E-state index contributed by atoms with van der Waals surface area (Å²) in [5, 5.41) is 2.61. The van der Waals surface area contributed by atoms with E-state index in [0.717, 1.165) is 5.49 Å². The second kappa shape index (κ2) is 9.58. The molecule has 0 aliphatic carbocycles. The van der Waals surface area contributed by atoms with Gasteiger partial charge in [0.2, 0.25) is 5.91 Å². The number of carbonyl (C=O) groups excluding carboxylic acids is 3. The summed E-state index contributed by atoms with van der Waals surface area (Å²) in [5.74, 6) is -0.249. The molecule has 1 aliphatic rings. The van der Waals surface area contributed by atoms with Crippen LogP contribution in [0.1, 0.15) is 37.6 Å². The largest absolute Gasteiger partial charge is 0.444 e. The van der Waals surface area contributed by atoms with Gasteiger partial charge in [0.05, 0.1) is 5.56 Å². The molecule has 9 heteroatoms. The smallest absolute Gasteiger partial charge is 0.410 e. The van der Waals surface area contributed by atoms with Crippen LogP contribution < -0.4 is 10.8 Å². The van der Waals surface area contributed by atoms with Gasteiger partial charge in [0.25, 0.3) is 5.91 Å². The SMILES string of the molecule is C/N=c1/ccc(C(=O)NC)cn1CCCN1CCN(C(=O)OC(C)(C)C)CC1=O. The number of hydrogen-bond acceptors (Lipinski definition) is 5. The second-order valence-electron chi connectivity index (χ2n) is 7.91. The Balaban J connectivity index is 1.91. The molecule has 2 rings (SSSR count). The molecule has 1 fully saturated rings. The van der Waals surface area contributed by atoms with Crippen molar-refractivity contribution in [3.8, 4) is 0 Å². The van der Waals surface area contributed by atoms with Crippen LogP contribution in [0.3, 0.4) is 0 Å². The average molecular weight is 405 g/mol. The van der Waals surface area contributed by atoms with Crippen molar-refractivity contribution in [1.82, 2.24) is 19.7 Å². The maximum absolute atomic E-state index is 12.4. The number of pyridine rings is 1. The molecule has 1 aromatic heterocycles. The Morgan fingerprint density at radius 2 is 1.93 bits per heavy atom. The highest BCUT2D eigenvalue weighted by atomic mass is 16.6. The lowest BCUT2D eigenvalue weighted by Crippen LogP contribution is -2.53. The number of nitrogens with zero attached hydrogens (tertiary/aromatic N) is 4. The summed E-state index contributed by atoms with van der Waals surface area (Å²) in [6.45, 7) is 7.56. The minimum absolute atomic E-state index is 0.0315. The van der Waals surface area contributed by atoms with E-state index in [4.69, 9.17) is 4.74 Å². The molecule has 160 valence electrons. The minimum Gasteiger partial charge on any atom is -0.444 e. The first-order valence-electron chi connectivity index (χ1n) is 9.75. The van der Waals surface area contributed by atoms with E-state index in [9.17, 15) is 14.4 Å². The molecule has 1 aliphatic heterocycles. The summed E-state index contributed by atoms with van der Waals surface area (Å²) in [7, 11) is 3.29. The average Bonchev–Trinajstić information content (AvgIpc) is 2.67. The van der Waals surface area contributed by atoms with E-state index in [0.29, 0.717) is 38.2 Å². The molecule has 1 saturated heterocycles. The predicted molar refractivity (Wildman–Crippen MR) is 108 cm³/mol. The van der Waals surface area contributed by atoms with Crippen molar-refractivity contribution in [3.05, 3.63) is 29.4 Å². The molecule has 2 heterocycles. The molecule has 0 atom stereocenters. The molecule has 3 amide bonds. The number of piperazine rings is 1. The van der Waals surface area contributed by atoms with Crippen LogP contribution in [-0.2, 0) is 16.1 Å². The van der Waals surface area contributed by atoms with Crippen LogP contribution in [0.2, 0.25) is 0 Å². The summed E-state index contributed by atoms with van der Waals surface area (Å²) in [5.41, 5.74) is 0.736. The van der Waals surface area contributed by atoms with Crippen LogP contribution in [0.25, 0.3) is 0 Å². The van der Waals surface area contributed by atoms with E-state index >= 15 is 0 Å². The first kappa shape index (κ1) is 22.4. The predicted octanol–water partition coefficient (Wildman–Crippen LogP) is 0.848. The number of ether oxygens (including phenoxy) is 1. The fraction of sp³-hybridized carbons (Fsp3) is 0.600. The summed E-state index contributed by atoms with van der Waals surface area (Å²) in [4.78, 5) is 43.8. The van der Waals surface area contributed by atoms with E-state index in [1.165, 1.54) is 4.90 Å². The number of amides is 3. The molecule has 0 radical (unpaired) electrons. The van der Waals surface area contributed by atoms with Crippen molar-refractivity contribution in [1.29, 1.82) is 0 Å². The van der Waals surface area contributed by atoms with Crippen LogP contribution in [0.4, 0.5) is 4.79 Å². The van der Waals surface area contributed by atoms with Gasteiger partial charge in [0.1, 0.15) is 17.6 Å². The van der Waals surface area contributed by atoms with Gasteiger partial charge in [-0.15, -0.1) is 0 Å². The Bertz CT molecular complexity index is 825. The molecule has 0 unspecified atom stereocenters. The van der Waals surface area contributed by atoms with Crippen LogP contribution in [0.15, 0.2) is 23.3 Å². The third-order valence-corrected chi connectivity index (χ3v) is 4.52. The van der Waals surface area contributed by atoms with E-state index in [2.05, 4.69) is 10.3 Å². The zero-order chi connectivity index (χ0) is 21.6. The Labute approximate surface area is 171 Å². The molecule has 1 N–H and O–H groups in total. The maximum atomic E-state index is 12.4. The Hall–Kier alpha value is -2.84. The Morgan fingerprint density at radius 3 is 2.52 bits per heavy atom. The van der Waals surface area contributed by atoms with Crippen molar-refractivity contribution < 1.29 is 19.1 Å². The van der Waals surface area contributed by atoms with Gasteiger partial charge in [-0.2, -0.15) is 0 Å². The van der Waals surface area contributed by atoms with Gasteiger partial charge in [-0.05, 0) is 39.3 Å². The quantitative estimate of drug-likeness (QED) is 0.785. The number of aryl methyl sites for hydroxylation is 1. The molecule has 9 nitrogen and oxygen atoms in total. The van der Waals surface area contributed by atoms with Crippen molar-refractivity contribution in [2.75, 3.05) is 40.3 Å². The lowest BCUT2D eigenvalue weighted by molar-refractivity contribution is -0.135. The van der Waals surface area contributed by atoms with E-state index in [1.54, 1.807) is 58.1 Å². The van der Waals surface area contributed by atoms with Gasteiger partial charge < -0.3 is 19.5 Å². The number of carbonyl (C=O) groups is 3. The number of hydrogen-bond donors (Lipinski definition) is 1. The van der Waals surface area contributed by atoms with Crippen LogP contribution in [0.5, 0.6) is 0 Å². The highest BCUT2D eigenvalue weighted by Crippen LogP contribution is 2.12. The van der Waals surface area contributed by atoms with Crippen LogP contribution in [-0.4, -0.2) is 78.1 Å². The molecular formula is C20H31N5O4. The summed E-state index contributed by atoms with van der Waals surface area (Å²) in [6.07, 6.45) is 2.02. The molecular weight excluding hydrogens is 374 g/mol. The van der Waals surface area contributed by atoms with E-state index < -0.39 is 11.7 Å². The zero-order valence-corrected chi connectivity index (χ0v) is 17.9. The van der Waals surface area contributed by atoms with E-state index in [-0.39, 0.29) is 18.4 Å². The number of nitrogens with one attached hydrogen (secondary N) is 1. The third kappa shape index (κ3) is 6.33. The molecule has 0 saturated carbocycles. The van der Waals surface area contributed by atoms with Crippen LogP contribution >= 0.6 is 0 Å². The topological polar surface area (TPSA) is 96.2 Å². The maximum Gasteiger partial charge on any atom is 0.410 e. The van der Waals surface area contributed by atoms with Crippen molar-refractivity contribution in [2.45, 2.75) is 39.3 Å². The first-order chi connectivity index (χ1) is 13.6. The van der Waals surface area contributed by atoms with Gasteiger partial charge in [0.15, 0.2) is 0 Å². The standard InChI is InChI=1S/C20H31N5O4/c1-20(2,3)29-19(28)25-12-11-23(17(26)14-25)9-6-10-24-13-15(18(27)22-5)7-8-16(24)21-4/h7-8,13H,6,9-12,14H2,1-5H3,(H,22,27)/b21-16-. The number of aromatic nitrogens is 1. The van der Waals surface area contributed by atoms with Gasteiger partial charge in [-0.25, -0.2) is 4.79 Å². The summed E-state index contributed by atoms with van der Waals surface area (Å²) < 4.78 is 7.24. The summed E-state index contributed by atoms with van der Waals surface area (Å²) >= 11 is 0. The molecule has 29 heavy (non-hydrogen) atoms. The van der Waals surface area contributed by atoms with Crippen molar-refractivity contribution in [2.24, 2.45) is 4.99 Å². The monoisotopic (exact) mass is 405 g/mol. The molecule has 0 aromatic carbocycles. The molecule has 1 aromatic rings. The van der Waals surface area contributed by atoms with Gasteiger partial charge >= 0.3 is 6.09 Å². The normalized spacial score (nSPS) is 15.5. The lowest BCUT2D eigenvalue weighted by atomic mass is 10.2. The van der Waals surface area contributed by atoms with E-state index in [1.807, 2.05) is 4.57 Å². The number of rotatable bonds is 5. The third-order valence-electron chi connectivity index (χ3n) is 4.52. The zero-order valence-electron chi connectivity index (χ0n) is 17.9. The van der Waals surface area contributed by atoms with Gasteiger partial charge in [0, 0.05) is 46.5 Å². The van der Waals surface area contributed by atoms with Crippen LogP contribution in [0, 0.1) is 0 Å². The highest BCUT2D eigenvalue weighted by Gasteiger charge is 2.29. The van der Waals surface area contributed by atoms with Crippen molar-refractivity contribution >= 4 is 17.9 Å². The first-order valence-corrected chi connectivity index (χ1v) is 9.75. The molecule has 0 spiro atoms.